The summed E-state index contributed by atoms with van der Waals surface area (Å²) in [4.78, 5) is 14.1. The Morgan fingerprint density at radius 1 is 1.58 bits per heavy atom. The quantitative estimate of drug-likeness (QED) is 0.862. The molecule has 1 unspecified atom stereocenters. The highest BCUT2D eigenvalue weighted by molar-refractivity contribution is 5.78. The maximum atomic E-state index is 12.1. The normalized spacial score (nSPS) is 20.0. The van der Waals surface area contributed by atoms with Crippen LogP contribution in [0.4, 0.5) is 0 Å². The number of hydrogen-bond acceptors (Lipinski definition) is 4. The number of piperidine rings is 1. The number of nitrogens with one attached hydrogen (secondary N) is 1. The third-order valence-electron chi connectivity index (χ3n) is 3.55. The van der Waals surface area contributed by atoms with Gasteiger partial charge in [0.05, 0.1) is 6.54 Å². The summed E-state index contributed by atoms with van der Waals surface area (Å²) in [6.07, 6.45) is 3.83. The van der Waals surface area contributed by atoms with Gasteiger partial charge >= 0.3 is 0 Å². The number of aromatic nitrogens is 3. The van der Waals surface area contributed by atoms with Crippen LogP contribution in [0.2, 0.25) is 0 Å². The highest BCUT2D eigenvalue weighted by Gasteiger charge is 2.27. The molecule has 19 heavy (non-hydrogen) atoms. The van der Waals surface area contributed by atoms with Crippen molar-refractivity contribution < 1.29 is 4.79 Å². The summed E-state index contributed by atoms with van der Waals surface area (Å²) in [5, 5.41) is 11.3. The molecule has 1 aromatic rings. The first kappa shape index (κ1) is 14.0. The second kappa shape index (κ2) is 6.14. The Bertz CT molecular complexity index is 428. The minimum absolute atomic E-state index is 0.181. The van der Waals surface area contributed by atoms with E-state index in [-0.39, 0.29) is 5.91 Å². The fourth-order valence-corrected chi connectivity index (χ4v) is 2.48. The van der Waals surface area contributed by atoms with Gasteiger partial charge < -0.3 is 14.8 Å². The lowest BCUT2D eigenvalue weighted by atomic mass is 9.97. The molecule has 1 saturated heterocycles. The predicted molar refractivity (Wildman–Crippen MR) is 72.7 cm³/mol. The number of rotatable bonds is 4. The zero-order chi connectivity index (χ0) is 13.8. The molecule has 1 fully saturated rings. The summed E-state index contributed by atoms with van der Waals surface area (Å²) in [5.74, 6) is 1.47. The molecule has 2 heterocycles. The Hall–Kier alpha value is -1.43. The average Bonchev–Trinajstić information content (AvgIpc) is 2.82. The van der Waals surface area contributed by atoms with E-state index in [1.54, 1.807) is 6.33 Å². The van der Waals surface area contributed by atoms with Gasteiger partial charge in [0.15, 0.2) is 0 Å². The van der Waals surface area contributed by atoms with Crippen LogP contribution in [0.1, 0.15) is 38.4 Å². The standard InChI is InChI=1S/C13H23N5O/c1-10(2)14-7-12(19)18-6-4-5-11(8-18)13-16-15-9-17(13)3/h9-11,14H,4-8H2,1-3H3. The molecular formula is C13H23N5O. The number of hydrogen-bond donors (Lipinski definition) is 1. The first-order valence-electron chi connectivity index (χ1n) is 6.93. The number of likely N-dealkylation sites (tertiary alicyclic amines) is 1. The Labute approximate surface area is 114 Å². The largest absolute Gasteiger partial charge is 0.341 e. The van der Waals surface area contributed by atoms with Crippen molar-refractivity contribution in [1.82, 2.24) is 25.0 Å². The Morgan fingerprint density at radius 3 is 3.00 bits per heavy atom. The maximum absolute atomic E-state index is 12.1. The van der Waals surface area contributed by atoms with Crippen molar-refractivity contribution in [2.75, 3.05) is 19.6 Å². The minimum Gasteiger partial charge on any atom is -0.341 e. The van der Waals surface area contributed by atoms with Crippen LogP contribution in [0.25, 0.3) is 0 Å². The second-order valence-electron chi connectivity index (χ2n) is 5.51. The molecule has 106 valence electrons. The molecule has 0 spiro atoms. The number of carbonyl (C=O) groups is 1. The molecule has 1 N–H and O–H groups in total. The topological polar surface area (TPSA) is 63.1 Å². The minimum atomic E-state index is 0.181. The average molecular weight is 265 g/mol. The van der Waals surface area contributed by atoms with Gasteiger partial charge in [0.25, 0.3) is 0 Å². The molecule has 1 aliphatic rings. The second-order valence-corrected chi connectivity index (χ2v) is 5.51. The molecule has 0 aromatic carbocycles. The summed E-state index contributed by atoms with van der Waals surface area (Å²) in [6.45, 7) is 6.12. The summed E-state index contributed by atoms with van der Waals surface area (Å²) < 4.78 is 1.95. The molecule has 1 aliphatic heterocycles. The van der Waals surface area contributed by atoms with Crippen molar-refractivity contribution >= 4 is 5.91 Å². The third-order valence-corrected chi connectivity index (χ3v) is 3.55. The van der Waals surface area contributed by atoms with E-state index in [2.05, 4.69) is 15.5 Å². The zero-order valence-corrected chi connectivity index (χ0v) is 12.0. The molecule has 0 radical (unpaired) electrons. The van der Waals surface area contributed by atoms with Crippen LogP contribution in [0, 0.1) is 0 Å². The molecule has 6 heteroatoms. The van der Waals surface area contributed by atoms with Crippen LogP contribution >= 0.6 is 0 Å². The highest BCUT2D eigenvalue weighted by atomic mass is 16.2. The van der Waals surface area contributed by atoms with Crippen LogP contribution in [0.3, 0.4) is 0 Å². The lowest BCUT2D eigenvalue weighted by Crippen LogP contribution is -2.44. The predicted octanol–water partition coefficient (Wildman–Crippen LogP) is 0.519. The van der Waals surface area contributed by atoms with Crippen molar-refractivity contribution in [2.24, 2.45) is 7.05 Å². The van der Waals surface area contributed by atoms with Crippen molar-refractivity contribution in [3.63, 3.8) is 0 Å². The van der Waals surface area contributed by atoms with E-state index in [9.17, 15) is 4.79 Å². The first-order chi connectivity index (χ1) is 9.08. The van der Waals surface area contributed by atoms with Gasteiger partial charge in [-0.05, 0) is 12.8 Å². The Kier molecular flexibility index (Phi) is 4.52. The van der Waals surface area contributed by atoms with E-state index in [0.29, 0.717) is 18.5 Å². The summed E-state index contributed by atoms with van der Waals surface area (Å²) in [6, 6.07) is 0.336. The SMILES string of the molecule is CC(C)NCC(=O)N1CCCC(c2nncn2C)C1. The molecule has 1 aromatic heterocycles. The first-order valence-corrected chi connectivity index (χ1v) is 6.93. The molecule has 6 nitrogen and oxygen atoms in total. The van der Waals surface area contributed by atoms with Gasteiger partial charge in [-0.3, -0.25) is 4.79 Å². The van der Waals surface area contributed by atoms with Crippen LogP contribution < -0.4 is 5.32 Å². The smallest absolute Gasteiger partial charge is 0.236 e. The number of amides is 1. The Morgan fingerprint density at radius 2 is 2.37 bits per heavy atom. The number of aryl methyl sites for hydroxylation is 1. The molecule has 1 amide bonds. The fourth-order valence-electron chi connectivity index (χ4n) is 2.48. The van der Waals surface area contributed by atoms with E-state index < -0.39 is 0 Å². The molecule has 0 aliphatic carbocycles. The molecule has 0 saturated carbocycles. The van der Waals surface area contributed by atoms with Gasteiger partial charge in [-0.15, -0.1) is 10.2 Å². The van der Waals surface area contributed by atoms with E-state index >= 15 is 0 Å². The van der Waals surface area contributed by atoms with Crippen molar-refractivity contribution in [2.45, 2.75) is 38.6 Å². The summed E-state index contributed by atoms with van der Waals surface area (Å²) >= 11 is 0. The van der Waals surface area contributed by atoms with Gasteiger partial charge in [0.1, 0.15) is 12.2 Å². The van der Waals surface area contributed by atoms with E-state index in [1.165, 1.54) is 0 Å². The molecule has 2 rings (SSSR count). The third kappa shape index (κ3) is 3.53. The van der Waals surface area contributed by atoms with E-state index in [0.717, 1.165) is 31.8 Å². The van der Waals surface area contributed by atoms with Gasteiger partial charge in [0.2, 0.25) is 5.91 Å². The molecular weight excluding hydrogens is 242 g/mol. The molecule has 0 bridgehead atoms. The van der Waals surface area contributed by atoms with Gasteiger partial charge in [0, 0.05) is 32.1 Å². The molecule has 1 atom stereocenters. The van der Waals surface area contributed by atoms with Crippen molar-refractivity contribution in [1.29, 1.82) is 0 Å². The van der Waals surface area contributed by atoms with Gasteiger partial charge in [-0.1, -0.05) is 13.8 Å². The fraction of sp³-hybridized carbons (Fsp3) is 0.769. The monoisotopic (exact) mass is 265 g/mol. The van der Waals surface area contributed by atoms with E-state index in [4.69, 9.17) is 0 Å². The lowest BCUT2D eigenvalue weighted by Gasteiger charge is -2.32. The van der Waals surface area contributed by atoms with Gasteiger partial charge in [-0.2, -0.15) is 0 Å². The number of carbonyl (C=O) groups excluding carboxylic acids is 1. The maximum Gasteiger partial charge on any atom is 0.236 e. The highest BCUT2D eigenvalue weighted by Crippen LogP contribution is 2.24. The Balaban J connectivity index is 1.94. The number of nitrogens with zero attached hydrogens (tertiary/aromatic N) is 4. The van der Waals surface area contributed by atoms with E-state index in [1.807, 2.05) is 30.4 Å². The zero-order valence-electron chi connectivity index (χ0n) is 12.0. The van der Waals surface area contributed by atoms with Crippen LogP contribution in [-0.2, 0) is 11.8 Å². The summed E-state index contributed by atoms with van der Waals surface area (Å²) in [5.41, 5.74) is 0. The van der Waals surface area contributed by atoms with Gasteiger partial charge in [-0.25, -0.2) is 0 Å². The van der Waals surface area contributed by atoms with Crippen LogP contribution in [-0.4, -0.2) is 51.2 Å². The van der Waals surface area contributed by atoms with Crippen LogP contribution in [0.5, 0.6) is 0 Å². The summed E-state index contributed by atoms with van der Waals surface area (Å²) in [7, 11) is 1.95. The van der Waals surface area contributed by atoms with Crippen LogP contribution in [0.15, 0.2) is 6.33 Å². The lowest BCUT2D eigenvalue weighted by molar-refractivity contribution is -0.131. The van der Waals surface area contributed by atoms with Crippen molar-refractivity contribution in [3.05, 3.63) is 12.2 Å². The van der Waals surface area contributed by atoms with Crippen molar-refractivity contribution in [3.8, 4) is 0 Å².